The van der Waals surface area contributed by atoms with E-state index >= 15 is 0 Å². The van der Waals surface area contributed by atoms with Gasteiger partial charge in [-0.15, -0.1) is 12.3 Å². The number of hydrogen-bond donors (Lipinski definition) is 0. The van der Waals surface area contributed by atoms with Crippen molar-refractivity contribution >= 4 is 9.52 Å². The average Bonchev–Trinajstić information content (AvgIpc) is 2.32. The first kappa shape index (κ1) is 16.8. The molecule has 0 aliphatic carbocycles. The molecule has 3 nitrogen and oxygen atoms in total. The van der Waals surface area contributed by atoms with Crippen molar-refractivity contribution in [3.63, 3.8) is 0 Å². The molecular weight excluding hydrogens is 228 g/mol. The van der Waals surface area contributed by atoms with E-state index in [0.717, 1.165) is 32.8 Å². The fourth-order valence-corrected chi connectivity index (χ4v) is 4.66. The van der Waals surface area contributed by atoms with Gasteiger partial charge in [0.25, 0.3) is 0 Å². The molecule has 0 aromatic carbocycles. The molecule has 0 fully saturated rings. The minimum atomic E-state index is -0.527. The van der Waals surface area contributed by atoms with E-state index in [0.29, 0.717) is 0 Å². The highest BCUT2D eigenvalue weighted by atomic mass is 28.2. The number of hydrogen-bond acceptors (Lipinski definition) is 3. The molecule has 0 aliphatic heterocycles. The van der Waals surface area contributed by atoms with E-state index in [2.05, 4.69) is 56.7 Å². The van der Waals surface area contributed by atoms with Gasteiger partial charge in [-0.2, -0.15) is 0 Å². The zero-order chi connectivity index (χ0) is 13.3. The second kappa shape index (κ2) is 8.86. The summed E-state index contributed by atoms with van der Waals surface area (Å²) in [6.45, 7) is 19.7. The maximum Gasteiger partial charge on any atom is 0.158 e. The molecule has 0 saturated carbocycles. The van der Waals surface area contributed by atoms with Gasteiger partial charge in [-0.3, -0.25) is 9.80 Å². The van der Waals surface area contributed by atoms with Crippen LogP contribution in [0.5, 0.6) is 0 Å². The Morgan fingerprint density at radius 2 is 1.41 bits per heavy atom. The zero-order valence-electron chi connectivity index (χ0n) is 12.3. The third kappa shape index (κ3) is 3.91. The Labute approximate surface area is 110 Å². The summed E-state index contributed by atoms with van der Waals surface area (Å²) in [5.41, 5.74) is 1.93. The van der Waals surface area contributed by atoms with Crippen molar-refractivity contribution in [3.05, 3.63) is 12.3 Å². The summed E-state index contributed by atoms with van der Waals surface area (Å²) in [5, 5.41) is 0. The van der Waals surface area contributed by atoms with Crippen LogP contribution in [0.3, 0.4) is 0 Å². The van der Waals surface area contributed by atoms with Gasteiger partial charge in [-0.05, 0) is 33.1 Å². The van der Waals surface area contributed by atoms with Gasteiger partial charge in [0, 0.05) is 6.61 Å². The smallest absolute Gasteiger partial charge is 0.158 e. The monoisotopic (exact) mass is 258 g/mol. The molecular formula is C13H30N2OSi. The largest absolute Gasteiger partial charge is 0.351 e. The molecule has 0 unspecified atom stereocenters. The first-order valence-electron chi connectivity index (χ1n) is 6.91. The highest BCUT2D eigenvalue weighted by molar-refractivity contribution is 6.45. The van der Waals surface area contributed by atoms with Gasteiger partial charge in [-0.1, -0.05) is 27.7 Å². The van der Waals surface area contributed by atoms with Crippen molar-refractivity contribution in [2.75, 3.05) is 32.8 Å². The molecule has 0 aliphatic rings. The molecule has 0 N–H and O–H groups in total. The van der Waals surface area contributed by atoms with Gasteiger partial charge in [0.1, 0.15) is 9.52 Å². The van der Waals surface area contributed by atoms with Crippen LogP contribution in [0.4, 0.5) is 0 Å². The van der Waals surface area contributed by atoms with E-state index in [1.54, 1.807) is 0 Å². The Kier molecular flexibility index (Phi) is 8.77. The van der Waals surface area contributed by atoms with E-state index in [4.69, 9.17) is 4.74 Å². The minimum Gasteiger partial charge on any atom is -0.351 e. The predicted octanol–water partition coefficient (Wildman–Crippen LogP) is 1.63. The van der Waals surface area contributed by atoms with E-state index in [-0.39, 0.29) is 5.47 Å². The SMILES string of the molecule is C=C[SiH2]C(OCC)(N(CC)CC)N(CC)CC. The molecule has 0 heterocycles. The summed E-state index contributed by atoms with van der Waals surface area (Å²) in [7, 11) is -0.527. The lowest BCUT2D eigenvalue weighted by atomic mass is 10.4. The molecule has 0 radical (unpaired) electrons. The summed E-state index contributed by atoms with van der Waals surface area (Å²) in [5.74, 6) is 0. The Hall–Kier alpha value is -0.163. The Morgan fingerprint density at radius 1 is 1.00 bits per heavy atom. The Balaban J connectivity index is 5.27. The van der Waals surface area contributed by atoms with Crippen molar-refractivity contribution in [2.45, 2.75) is 40.1 Å². The van der Waals surface area contributed by atoms with E-state index in [1.807, 2.05) is 0 Å². The highest BCUT2D eigenvalue weighted by Gasteiger charge is 2.39. The quantitative estimate of drug-likeness (QED) is 0.437. The van der Waals surface area contributed by atoms with Gasteiger partial charge in [0.2, 0.25) is 0 Å². The van der Waals surface area contributed by atoms with Crippen molar-refractivity contribution in [3.8, 4) is 0 Å². The molecule has 0 amide bonds. The number of nitrogens with zero attached hydrogens (tertiary/aromatic N) is 2. The fourth-order valence-electron chi connectivity index (χ4n) is 2.55. The lowest BCUT2D eigenvalue weighted by molar-refractivity contribution is -0.185. The molecule has 0 aromatic rings. The van der Waals surface area contributed by atoms with Gasteiger partial charge in [0.05, 0.1) is 0 Å². The second-order valence-electron chi connectivity index (χ2n) is 4.01. The summed E-state index contributed by atoms with van der Waals surface area (Å²) >= 11 is 0. The zero-order valence-corrected chi connectivity index (χ0v) is 13.7. The van der Waals surface area contributed by atoms with Crippen molar-refractivity contribution in [2.24, 2.45) is 0 Å². The first-order chi connectivity index (χ1) is 8.16. The summed E-state index contributed by atoms with van der Waals surface area (Å²) in [4.78, 5) is 4.88. The van der Waals surface area contributed by atoms with Crippen LogP contribution in [0, 0.1) is 0 Å². The van der Waals surface area contributed by atoms with Crippen molar-refractivity contribution in [1.82, 2.24) is 9.80 Å². The van der Waals surface area contributed by atoms with Gasteiger partial charge < -0.3 is 4.74 Å². The molecule has 0 spiro atoms. The van der Waals surface area contributed by atoms with Crippen LogP contribution in [0.2, 0.25) is 0 Å². The first-order valence-corrected chi connectivity index (χ1v) is 8.43. The maximum atomic E-state index is 6.20. The molecule has 0 aromatic heterocycles. The van der Waals surface area contributed by atoms with Gasteiger partial charge in [0.15, 0.2) is 5.47 Å². The number of rotatable bonds is 10. The third-order valence-corrected chi connectivity index (χ3v) is 5.22. The van der Waals surface area contributed by atoms with Crippen molar-refractivity contribution in [1.29, 1.82) is 0 Å². The van der Waals surface area contributed by atoms with Crippen LogP contribution >= 0.6 is 0 Å². The number of ether oxygens (including phenoxy) is 1. The lowest BCUT2D eigenvalue weighted by Crippen LogP contribution is -2.65. The highest BCUT2D eigenvalue weighted by Crippen LogP contribution is 2.21. The molecule has 0 bridgehead atoms. The van der Waals surface area contributed by atoms with E-state index in [9.17, 15) is 0 Å². The molecule has 4 heteroatoms. The van der Waals surface area contributed by atoms with Crippen LogP contribution in [-0.2, 0) is 4.74 Å². The predicted molar refractivity (Wildman–Crippen MR) is 78.9 cm³/mol. The van der Waals surface area contributed by atoms with Crippen molar-refractivity contribution < 1.29 is 4.74 Å². The van der Waals surface area contributed by atoms with E-state index in [1.165, 1.54) is 0 Å². The van der Waals surface area contributed by atoms with Crippen LogP contribution < -0.4 is 0 Å². The average molecular weight is 258 g/mol. The second-order valence-corrected chi connectivity index (χ2v) is 5.92. The van der Waals surface area contributed by atoms with Gasteiger partial charge >= 0.3 is 0 Å². The van der Waals surface area contributed by atoms with Crippen LogP contribution in [0.1, 0.15) is 34.6 Å². The topological polar surface area (TPSA) is 15.7 Å². The standard InChI is InChI=1S/C13H30N2OSi/c1-7-14(8-2)13(16-11-5,17-12-6)15(9-3)10-4/h12H,6-11,17H2,1-5H3. The molecule has 0 saturated heterocycles. The van der Waals surface area contributed by atoms with Crippen LogP contribution in [0.25, 0.3) is 0 Å². The molecule has 0 rings (SSSR count). The lowest BCUT2D eigenvalue weighted by Gasteiger charge is -2.49. The Bertz CT molecular complexity index is 192. The summed E-state index contributed by atoms with van der Waals surface area (Å²) < 4.78 is 6.20. The minimum absolute atomic E-state index is 0.177. The fraction of sp³-hybridized carbons (Fsp3) is 0.846. The Morgan fingerprint density at radius 3 is 1.65 bits per heavy atom. The summed E-state index contributed by atoms with van der Waals surface area (Å²) in [6, 6.07) is 0. The maximum absolute atomic E-state index is 6.20. The molecule has 17 heavy (non-hydrogen) atoms. The summed E-state index contributed by atoms with van der Waals surface area (Å²) in [6.07, 6.45) is 0. The molecule has 0 atom stereocenters. The van der Waals surface area contributed by atoms with Crippen LogP contribution in [0.15, 0.2) is 12.3 Å². The molecule has 102 valence electrons. The van der Waals surface area contributed by atoms with Gasteiger partial charge in [-0.25, -0.2) is 0 Å². The third-order valence-electron chi connectivity index (χ3n) is 3.30. The van der Waals surface area contributed by atoms with Crippen LogP contribution in [-0.4, -0.2) is 57.6 Å². The van der Waals surface area contributed by atoms with E-state index < -0.39 is 9.52 Å². The normalized spacial score (nSPS) is 13.1.